The minimum atomic E-state index is -0.401. The topological polar surface area (TPSA) is 95.3 Å². The maximum Gasteiger partial charge on any atom is 0.341 e. The molecule has 1 aromatic carbocycles. The number of ether oxygens (including phenoxy) is 2. The highest BCUT2D eigenvalue weighted by Gasteiger charge is 2.29. The molecule has 0 saturated carbocycles. The highest BCUT2D eigenvalue weighted by molar-refractivity contribution is 7.99. The highest BCUT2D eigenvalue weighted by Crippen LogP contribution is 2.40. The molecule has 1 N–H and O–H groups in total. The number of carbonyl (C=O) groups excluding carboxylic acids is 2. The molecule has 3 aromatic rings. The Balaban J connectivity index is 1.37. The molecule has 0 bridgehead atoms. The Kier molecular flexibility index (Phi) is 7.57. The summed E-state index contributed by atoms with van der Waals surface area (Å²) in [6, 6.07) is 7.80. The molecule has 0 spiro atoms. The number of benzene rings is 1. The van der Waals surface area contributed by atoms with Crippen LogP contribution in [0.1, 0.15) is 45.5 Å². The van der Waals surface area contributed by atoms with Crippen molar-refractivity contribution in [2.45, 2.75) is 44.9 Å². The molecular formula is C24H28N4O4S2. The van der Waals surface area contributed by atoms with Crippen LogP contribution in [0.5, 0.6) is 5.75 Å². The van der Waals surface area contributed by atoms with Gasteiger partial charge in [0.15, 0.2) is 11.0 Å². The van der Waals surface area contributed by atoms with Gasteiger partial charge in [0.25, 0.3) is 0 Å². The third-order valence-electron chi connectivity index (χ3n) is 5.80. The summed E-state index contributed by atoms with van der Waals surface area (Å²) in [5.41, 5.74) is 2.69. The average Bonchev–Trinajstić information content (AvgIpc) is 3.35. The number of nitrogens with one attached hydrogen (secondary N) is 1. The van der Waals surface area contributed by atoms with Crippen LogP contribution in [0.25, 0.3) is 0 Å². The van der Waals surface area contributed by atoms with Crippen molar-refractivity contribution in [2.24, 2.45) is 13.0 Å². The first-order chi connectivity index (χ1) is 16.4. The van der Waals surface area contributed by atoms with Crippen LogP contribution in [0.3, 0.4) is 0 Å². The third kappa shape index (κ3) is 5.44. The molecule has 4 rings (SSSR count). The predicted octanol–water partition coefficient (Wildman–Crippen LogP) is 4.41. The SMILES string of the molecule is COC(=O)c1c(NC(=O)CSc2nnc(COc3ccc(C)cc3)n2C)sc2c1CCC(C)C2. The third-order valence-corrected chi connectivity index (χ3v) is 7.99. The molecule has 2 heterocycles. The van der Waals surface area contributed by atoms with Gasteiger partial charge in [-0.2, -0.15) is 0 Å². The number of hydrogen-bond acceptors (Lipinski definition) is 8. The lowest BCUT2D eigenvalue weighted by Gasteiger charge is -2.18. The summed E-state index contributed by atoms with van der Waals surface area (Å²) in [7, 11) is 3.21. The standard InChI is InChI=1S/C24H28N4O4S2/c1-14-5-8-16(9-6-14)32-12-19-26-27-24(28(19)3)33-13-20(29)25-22-21(23(30)31-4)17-10-7-15(2)11-18(17)34-22/h5-6,8-9,15H,7,10-13H2,1-4H3,(H,25,29). The van der Waals surface area contributed by atoms with Gasteiger partial charge in [-0.3, -0.25) is 4.79 Å². The van der Waals surface area contributed by atoms with Gasteiger partial charge in [0.1, 0.15) is 17.4 Å². The van der Waals surface area contributed by atoms with Crippen LogP contribution in [0.15, 0.2) is 29.4 Å². The number of thiophene rings is 1. The van der Waals surface area contributed by atoms with Gasteiger partial charge in [-0.05, 0) is 49.8 Å². The van der Waals surface area contributed by atoms with Crippen LogP contribution in [0.2, 0.25) is 0 Å². The summed E-state index contributed by atoms with van der Waals surface area (Å²) in [5, 5.41) is 12.5. The molecule has 1 aliphatic rings. The van der Waals surface area contributed by atoms with Crippen molar-refractivity contribution < 1.29 is 19.1 Å². The first-order valence-corrected chi connectivity index (χ1v) is 12.9. The van der Waals surface area contributed by atoms with Gasteiger partial charge in [-0.25, -0.2) is 4.79 Å². The lowest BCUT2D eigenvalue weighted by molar-refractivity contribution is -0.113. The number of rotatable bonds is 8. The van der Waals surface area contributed by atoms with E-state index in [-0.39, 0.29) is 18.3 Å². The second-order valence-electron chi connectivity index (χ2n) is 8.44. The highest BCUT2D eigenvalue weighted by atomic mass is 32.2. The van der Waals surface area contributed by atoms with E-state index in [0.717, 1.165) is 35.5 Å². The summed E-state index contributed by atoms with van der Waals surface area (Å²) in [6.45, 7) is 4.51. The van der Waals surface area contributed by atoms with Crippen molar-refractivity contribution in [2.75, 3.05) is 18.2 Å². The minimum Gasteiger partial charge on any atom is -0.486 e. The van der Waals surface area contributed by atoms with E-state index in [9.17, 15) is 9.59 Å². The number of thioether (sulfide) groups is 1. The Morgan fingerprint density at radius 3 is 2.76 bits per heavy atom. The number of esters is 1. The molecule has 0 aliphatic heterocycles. The van der Waals surface area contributed by atoms with Crippen molar-refractivity contribution in [1.82, 2.24) is 14.8 Å². The van der Waals surface area contributed by atoms with Crippen molar-refractivity contribution >= 4 is 40.0 Å². The maximum absolute atomic E-state index is 12.7. The molecule has 1 atom stereocenters. The van der Waals surface area contributed by atoms with E-state index >= 15 is 0 Å². The van der Waals surface area contributed by atoms with Crippen LogP contribution in [-0.2, 0) is 36.0 Å². The molecule has 180 valence electrons. The van der Waals surface area contributed by atoms with Gasteiger partial charge < -0.3 is 19.4 Å². The first kappa shape index (κ1) is 24.3. The van der Waals surface area contributed by atoms with Gasteiger partial charge in [0, 0.05) is 11.9 Å². The molecule has 8 nitrogen and oxygen atoms in total. The molecular weight excluding hydrogens is 472 g/mol. The number of hydrogen-bond donors (Lipinski definition) is 1. The van der Waals surface area contributed by atoms with Crippen molar-refractivity contribution in [1.29, 1.82) is 0 Å². The second kappa shape index (κ2) is 10.6. The minimum absolute atomic E-state index is 0.143. The van der Waals surface area contributed by atoms with Gasteiger partial charge in [0.2, 0.25) is 5.91 Å². The van der Waals surface area contributed by atoms with Crippen LogP contribution >= 0.6 is 23.1 Å². The number of fused-ring (bicyclic) bond motifs is 1. The number of nitrogens with zero attached hydrogens (tertiary/aromatic N) is 3. The molecule has 0 fully saturated rings. The number of anilines is 1. The molecule has 1 unspecified atom stereocenters. The van der Waals surface area contributed by atoms with Crippen LogP contribution in [0, 0.1) is 12.8 Å². The zero-order chi connectivity index (χ0) is 24.2. The Morgan fingerprint density at radius 1 is 1.26 bits per heavy atom. The fourth-order valence-corrected chi connectivity index (χ4v) is 5.97. The van der Waals surface area contributed by atoms with Gasteiger partial charge in [-0.1, -0.05) is 36.4 Å². The largest absolute Gasteiger partial charge is 0.486 e. The first-order valence-electron chi connectivity index (χ1n) is 11.1. The number of carbonyl (C=O) groups is 2. The molecule has 0 saturated heterocycles. The monoisotopic (exact) mass is 500 g/mol. The van der Waals surface area contributed by atoms with Crippen molar-refractivity contribution in [3.8, 4) is 5.75 Å². The summed E-state index contributed by atoms with van der Waals surface area (Å²) in [4.78, 5) is 26.3. The van der Waals surface area contributed by atoms with Crippen LogP contribution in [0.4, 0.5) is 5.00 Å². The zero-order valence-electron chi connectivity index (χ0n) is 19.7. The Hall–Kier alpha value is -2.85. The zero-order valence-corrected chi connectivity index (χ0v) is 21.3. The molecule has 10 heteroatoms. The smallest absolute Gasteiger partial charge is 0.341 e. The van der Waals surface area contributed by atoms with Crippen molar-refractivity contribution in [3.05, 3.63) is 51.7 Å². The Morgan fingerprint density at radius 2 is 2.03 bits per heavy atom. The predicted molar refractivity (Wildman–Crippen MR) is 133 cm³/mol. The van der Waals surface area contributed by atoms with Gasteiger partial charge in [0.05, 0.1) is 18.4 Å². The van der Waals surface area contributed by atoms with Gasteiger partial charge in [-0.15, -0.1) is 21.5 Å². The van der Waals surface area contributed by atoms with Crippen molar-refractivity contribution in [3.63, 3.8) is 0 Å². The fraction of sp³-hybridized carbons (Fsp3) is 0.417. The molecule has 2 aromatic heterocycles. The van der Waals surface area contributed by atoms with E-state index in [1.165, 1.54) is 35.8 Å². The van der Waals surface area contributed by atoms with E-state index in [1.54, 1.807) is 0 Å². The number of methoxy groups -OCH3 is 1. The molecule has 34 heavy (non-hydrogen) atoms. The van der Waals surface area contributed by atoms with E-state index in [2.05, 4.69) is 22.4 Å². The van der Waals surface area contributed by atoms with Crippen LogP contribution < -0.4 is 10.1 Å². The summed E-state index contributed by atoms with van der Waals surface area (Å²) in [6.07, 6.45) is 2.77. The normalized spacial score (nSPS) is 15.0. The van der Waals surface area contributed by atoms with E-state index in [1.807, 2.05) is 42.8 Å². The number of aromatic nitrogens is 3. The van der Waals surface area contributed by atoms with E-state index in [4.69, 9.17) is 9.47 Å². The molecule has 1 aliphatic carbocycles. The van der Waals surface area contributed by atoms with E-state index < -0.39 is 5.97 Å². The quantitative estimate of drug-likeness (QED) is 0.362. The number of aryl methyl sites for hydroxylation is 1. The molecule has 0 radical (unpaired) electrons. The second-order valence-corrected chi connectivity index (χ2v) is 10.5. The Labute approximate surface area is 207 Å². The summed E-state index contributed by atoms with van der Waals surface area (Å²) in [5.74, 6) is 1.53. The summed E-state index contributed by atoms with van der Waals surface area (Å²) < 4.78 is 12.6. The average molecular weight is 501 g/mol. The fourth-order valence-electron chi connectivity index (χ4n) is 3.83. The maximum atomic E-state index is 12.7. The summed E-state index contributed by atoms with van der Waals surface area (Å²) >= 11 is 2.76. The van der Waals surface area contributed by atoms with Gasteiger partial charge >= 0.3 is 5.97 Å². The van der Waals surface area contributed by atoms with Crippen LogP contribution in [-0.4, -0.2) is 39.5 Å². The number of amides is 1. The Bertz CT molecular complexity index is 1190. The lowest BCUT2D eigenvalue weighted by Crippen LogP contribution is -2.17. The van der Waals surface area contributed by atoms with E-state index in [0.29, 0.717) is 27.5 Å². The lowest BCUT2D eigenvalue weighted by atomic mass is 9.88. The molecule has 1 amide bonds.